The van der Waals surface area contributed by atoms with E-state index in [2.05, 4.69) is 9.71 Å². The maximum atomic E-state index is 12.5. The van der Waals surface area contributed by atoms with Crippen molar-refractivity contribution in [1.82, 2.24) is 9.71 Å². The van der Waals surface area contributed by atoms with Crippen molar-refractivity contribution in [3.63, 3.8) is 0 Å². The van der Waals surface area contributed by atoms with Gasteiger partial charge in [-0.1, -0.05) is 17.7 Å². The molecular formula is C14H15ClN2O3S2. The van der Waals surface area contributed by atoms with Gasteiger partial charge in [0.25, 0.3) is 10.0 Å². The summed E-state index contributed by atoms with van der Waals surface area (Å²) in [6, 6.07) is 7.99. The minimum absolute atomic E-state index is 0.0371. The van der Waals surface area contributed by atoms with Gasteiger partial charge in [0.15, 0.2) is 0 Å². The van der Waals surface area contributed by atoms with Crippen LogP contribution in [0.2, 0.25) is 4.34 Å². The van der Waals surface area contributed by atoms with Crippen molar-refractivity contribution in [2.24, 2.45) is 5.92 Å². The molecule has 1 aliphatic rings. The van der Waals surface area contributed by atoms with Crippen LogP contribution < -0.4 is 4.72 Å². The van der Waals surface area contributed by atoms with Crippen LogP contribution >= 0.6 is 22.9 Å². The fraction of sp³-hybridized carbons (Fsp3) is 0.357. The van der Waals surface area contributed by atoms with Crippen molar-refractivity contribution in [2.75, 3.05) is 0 Å². The minimum Gasteiger partial charge on any atom is -0.393 e. The van der Waals surface area contributed by atoms with E-state index in [1.807, 2.05) is 6.07 Å². The van der Waals surface area contributed by atoms with Crippen LogP contribution in [-0.2, 0) is 10.0 Å². The summed E-state index contributed by atoms with van der Waals surface area (Å²) in [7, 11) is -3.66. The van der Waals surface area contributed by atoms with Gasteiger partial charge in [0.2, 0.25) is 0 Å². The lowest BCUT2D eigenvalue weighted by Crippen LogP contribution is -2.41. The van der Waals surface area contributed by atoms with Gasteiger partial charge < -0.3 is 5.11 Å². The Balaban J connectivity index is 1.87. The second-order valence-corrected chi connectivity index (χ2v) is 8.95. The van der Waals surface area contributed by atoms with Crippen LogP contribution in [0.5, 0.6) is 0 Å². The average molecular weight is 359 g/mol. The SMILES string of the molecule is O=S(=O)(NC(c1ccccn1)C1CC(O)C1)c1ccc(Cl)s1. The van der Waals surface area contributed by atoms with Crippen LogP contribution in [0.4, 0.5) is 0 Å². The third-order valence-corrected chi connectivity index (χ3v) is 6.89. The van der Waals surface area contributed by atoms with Crippen LogP contribution in [0.25, 0.3) is 0 Å². The fourth-order valence-corrected chi connectivity index (χ4v) is 5.30. The van der Waals surface area contributed by atoms with E-state index in [0.29, 0.717) is 22.9 Å². The lowest BCUT2D eigenvalue weighted by Gasteiger charge is -2.37. The van der Waals surface area contributed by atoms with Gasteiger partial charge in [0, 0.05) is 6.20 Å². The van der Waals surface area contributed by atoms with Crippen LogP contribution in [0.1, 0.15) is 24.6 Å². The van der Waals surface area contributed by atoms with Crippen LogP contribution in [0.3, 0.4) is 0 Å². The lowest BCUT2D eigenvalue weighted by molar-refractivity contribution is 0.0273. The Morgan fingerprint density at radius 2 is 2.09 bits per heavy atom. The van der Waals surface area contributed by atoms with Crippen molar-refractivity contribution < 1.29 is 13.5 Å². The Morgan fingerprint density at radius 1 is 1.32 bits per heavy atom. The molecule has 118 valence electrons. The molecule has 2 aromatic rings. The molecule has 0 amide bonds. The molecule has 2 aromatic heterocycles. The summed E-state index contributed by atoms with van der Waals surface area (Å²) in [6.07, 6.45) is 2.40. The molecule has 0 saturated heterocycles. The number of nitrogens with zero attached hydrogens (tertiary/aromatic N) is 1. The first-order valence-electron chi connectivity index (χ1n) is 6.82. The normalized spacial score (nSPS) is 23.0. The first kappa shape index (κ1) is 15.9. The van der Waals surface area contributed by atoms with Gasteiger partial charge in [-0.05, 0) is 43.0 Å². The Morgan fingerprint density at radius 3 is 2.64 bits per heavy atom. The summed E-state index contributed by atoms with van der Waals surface area (Å²) < 4.78 is 28.3. The second-order valence-electron chi connectivity index (χ2n) is 5.30. The molecule has 1 atom stereocenters. The molecule has 8 heteroatoms. The van der Waals surface area contributed by atoms with Gasteiger partial charge >= 0.3 is 0 Å². The molecule has 2 heterocycles. The number of pyridine rings is 1. The Labute approximate surface area is 138 Å². The number of hydrogen-bond donors (Lipinski definition) is 2. The molecule has 0 spiro atoms. The first-order chi connectivity index (χ1) is 10.5. The van der Waals surface area contributed by atoms with E-state index in [1.54, 1.807) is 24.4 Å². The number of hydrogen-bond acceptors (Lipinski definition) is 5. The number of aliphatic hydroxyl groups excluding tert-OH is 1. The molecule has 3 rings (SSSR count). The number of halogens is 1. The summed E-state index contributed by atoms with van der Waals surface area (Å²) in [4.78, 5) is 4.26. The van der Waals surface area contributed by atoms with Crippen LogP contribution in [0, 0.1) is 5.92 Å². The molecule has 0 aromatic carbocycles. The zero-order valence-corrected chi connectivity index (χ0v) is 13.9. The molecule has 0 bridgehead atoms. The summed E-state index contributed by atoms with van der Waals surface area (Å²) in [5.41, 5.74) is 0.658. The van der Waals surface area contributed by atoms with Gasteiger partial charge in [-0.15, -0.1) is 11.3 Å². The predicted molar refractivity (Wildman–Crippen MR) is 85.4 cm³/mol. The number of aliphatic hydroxyl groups is 1. The number of nitrogens with one attached hydrogen (secondary N) is 1. The van der Waals surface area contributed by atoms with Crippen molar-refractivity contribution in [1.29, 1.82) is 0 Å². The second kappa shape index (κ2) is 6.25. The topological polar surface area (TPSA) is 79.3 Å². The van der Waals surface area contributed by atoms with Gasteiger partial charge in [0.05, 0.1) is 22.2 Å². The van der Waals surface area contributed by atoms with E-state index >= 15 is 0 Å². The Bertz CT molecular complexity index is 742. The van der Waals surface area contributed by atoms with E-state index in [4.69, 9.17) is 11.6 Å². The quantitative estimate of drug-likeness (QED) is 0.861. The highest BCUT2D eigenvalue weighted by atomic mass is 35.5. The molecule has 5 nitrogen and oxygen atoms in total. The third kappa shape index (κ3) is 3.33. The largest absolute Gasteiger partial charge is 0.393 e. The minimum atomic E-state index is -3.66. The number of rotatable bonds is 5. The molecule has 2 N–H and O–H groups in total. The summed E-state index contributed by atoms with van der Waals surface area (Å²) >= 11 is 6.84. The fourth-order valence-electron chi connectivity index (χ4n) is 2.53. The Hall–Kier alpha value is -0.990. The maximum absolute atomic E-state index is 12.5. The predicted octanol–water partition coefficient (Wildman–Crippen LogP) is 2.59. The van der Waals surface area contributed by atoms with Crippen molar-refractivity contribution in [3.8, 4) is 0 Å². The van der Waals surface area contributed by atoms with E-state index in [0.717, 1.165) is 11.3 Å². The molecule has 22 heavy (non-hydrogen) atoms. The first-order valence-corrected chi connectivity index (χ1v) is 9.50. The number of aromatic nitrogens is 1. The van der Waals surface area contributed by atoms with Crippen LogP contribution in [-0.4, -0.2) is 24.6 Å². The Kier molecular flexibility index (Phi) is 4.52. The maximum Gasteiger partial charge on any atom is 0.250 e. The monoisotopic (exact) mass is 358 g/mol. The smallest absolute Gasteiger partial charge is 0.250 e. The standard InChI is InChI=1S/C14H15ClN2O3S2/c15-12-4-5-13(21-12)22(19,20)17-14(9-7-10(18)8-9)11-3-1-2-6-16-11/h1-6,9-10,14,17-18H,7-8H2. The highest BCUT2D eigenvalue weighted by Gasteiger charge is 2.38. The number of thiophene rings is 1. The summed E-state index contributed by atoms with van der Waals surface area (Å²) in [6.45, 7) is 0. The molecule has 1 aliphatic carbocycles. The molecule has 0 aliphatic heterocycles. The summed E-state index contributed by atoms with van der Waals surface area (Å²) in [5.74, 6) is 0.0371. The molecule has 1 fully saturated rings. The van der Waals surface area contributed by atoms with Crippen molar-refractivity contribution in [2.45, 2.75) is 29.2 Å². The van der Waals surface area contributed by atoms with Gasteiger partial charge in [-0.2, -0.15) is 0 Å². The van der Waals surface area contributed by atoms with Crippen LogP contribution in [0.15, 0.2) is 40.7 Å². The average Bonchev–Trinajstić information content (AvgIpc) is 2.90. The zero-order valence-electron chi connectivity index (χ0n) is 11.5. The highest BCUT2D eigenvalue weighted by molar-refractivity contribution is 7.91. The van der Waals surface area contributed by atoms with Gasteiger partial charge in [-0.3, -0.25) is 4.98 Å². The summed E-state index contributed by atoms with van der Waals surface area (Å²) in [5, 5.41) is 9.52. The number of sulfonamides is 1. The van der Waals surface area contributed by atoms with Gasteiger partial charge in [-0.25, -0.2) is 13.1 Å². The molecule has 1 unspecified atom stereocenters. The molecule has 1 saturated carbocycles. The van der Waals surface area contributed by atoms with E-state index in [9.17, 15) is 13.5 Å². The molecule has 0 radical (unpaired) electrons. The highest BCUT2D eigenvalue weighted by Crippen LogP contribution is 2.38. The zero-order chi connectivity index (χ0) is 15.7. The van der Waals surface area contributed by atoms with E-state index in [-0.39, 0.29) is 16.2 Å². The van der Waals surface area contributed by atoms with E-state index in [1.165, 1.54) is 6.07 Å². The van der Waals surface area contributed by atoms with Gasteiger partial charge in [0.1, 0.15) is 4.21 Å². The molecular weight excluding hydrogens is 344 g/mol. The lowest BCUT2D eigenvalue weighted by atomic mass is 9.76. The van der Waals surface area contributed by atoms with Crippen molar-refractivity contribution >= 4 is 33.0 Å². The van der Waals surface area contributed by atoms with Crippen molar-refractivity contribution in [3.05, 3.63) is 46.6 Å². The third-order valence-electron chi connectivity index (χ3n) is 3.72. The van der Waals surface area contributed by atoms with E-state index < -0.39 is 16.1 Å².